The minimum atomic E-state index is -0.545. The minimum Gasteiger partial charge on any atom is -0.483 e. The normalized spacial score (nSPS) is 10.8. The number of fused-ring (bicyclic) bond motifs is 1. The third-order valence-electron chi connectivity index (χ3n) is 4.36. The summed E-state index contributed by atoms with van der Waals surface area (Å²) in [7, 11) is 0. The van der Waals surface area contributed by atoms with E-state index in [9.17, 15) is 9.59 Å². The number of nitrogens with zero attached hydrogens (tertiary/aromatic N) is 1. The SMILES string of the molecule is Cc1cccc(C)c1OCC(=O)n1c(C)c(C(N)=O)c2ccccc21. The molecule has 0 bridgehead atoms. The Morgan fingerprint density at radius 2 is 1.64 bits per heavy atom. The lowest BCUT2D eigenvalue weighted by molar-refractivity contribution is 0.0840. The number of amides is 1. The molecule has 5 nitrogen and oxygen atoms in total. The molecule has 1 heterocycles. The van der Waals surface area contributed by atoms with Gasteiger partial charge in [0.2, 0.25) is 0 Å². The highest BCUT2D eigenvalue weighted by Gasteiger charge is 2.21. The number of carbonyl (C=O) groups excluding carboxylic acids is 2. The molecule has 1 amide bonds. The van der Waals surface area contributed by atoms with E-state index >= 15 is 0 Å². The number of primary amides is 1. The standard InChI is InChI=1S/C20H20N2O3/c1-12-7-6-8-13(2)19(12)25-11-17(23)22-14(3)18(20(21)24)15-9-4-5-10-16(15)22/h4-10H,11H2,1-3H3,(H2,21,24). The average Bonchev–Trinajstić information content (AvgIpc) is 2.86. The predicted octanol–water partition coefficient (Wildman–Crippen LogP) is 3.38. The third-order valence-corrected chi connectivity index (χ3v) is 4.36. The van der Waals surface area contributed by atoms with Crippen molar-refractivity contribution in [1.82, 2.24) is 4.57 Å². The minimum absolute atomic E-state index is 0.122. The lowest BCUT2D eigenvalue weighted by Gasteiger charge is -2.13. The van der Waals surface area contributed by atoms with Crippen LogP contribution in [0.25, 0.3) is 10.9 Å². The van der Waals surface area contributed by atoms with Crippen molar-refractivity contribution >= 4 is 22.7 Å². The van der Waals surface area contributed by atoms with Crippen molar-refractivity contribution in [3.63, 3.8) is 0 Å². The highest BCUT2D eigenvalue weighted by molar-refractivity contribution is 6.10. The van der Waals surface area contributed by atoms with Crippen LogP contribution in [0.2, 0.25) is 0 Å². The van der Waals surface area contributed by atoms with Crippen molar-refractivity contribution in [2.45, 2.75) is 20.8 Å². The van der Waals surface area contributed by atoms with Crippen LogP contribution in [0.15, 0.2) is 42.5 Å². The van der Waals surface area contributed by atoms with E-state index in [-0.39, 0.29) is 12.5 Å². The summed E-state index contributed by atoms with van der Waals surface area (Å²) in [6.45, 7) is 5.48. The molecule has 0 atom stereocenters. The molecule has 0 unspecified atom stereocenters. The molecule has 1 aromatic heterocycles. The van der Waals surface area contributed by atoms with Gasteiger partial charge in [-0.05, 0) is 38.0 Å². The second-order valence-electron chi connectivity index (χ2n) is 6.08. The molecule has 0 radical (unpaired) electrons. The Kier molecular flexibility index (Phi) is 4.31. The molecule has 0 aliphatic carbocycles. The first-order valence-corrected chi connectivity index (χ1v) is 8.04. The van der Waals surface area contributed by atoms with Crippen LogP contribution in [0.4, 0.5) is 0 Å². The van der Waals surface area contributed by atoms with Gasteiger partial charge in [-0.2, -0.15) is 0 Å². The van der Waals surface area contributed by atoms with Gasteiger partial charge in [-0.3, -0.25) is 14.2 Å². The molecule has 3 aromatic rings. The van der Waals surface area contributed by atoms with Crippen LogP contribution in [0.3, 0.4) is 0 Å². The summed E-state index contributed by atoms with van der Waals surface area (Å²) in [5, 5.41) is 0.674. The van der Waals surface area contributed by atoms with Gasteiger partial charge in [0.1, 0.15) is 5.75 Å². The Morgan fingerprint density at radius 1 is 1.00 bits per heavy atom. The molecule has 2 N–H and O–H groups in total. The van der Waals surface area contributed by atoms with Crippen LogP contribution in [0, 0.1) is 20.8 Å². The molecule has 2 aromatic carbocycles. The quantitative estimate of drug-likeness (QED) is 0.793. The van der Waals surface area contributed by atoms with Gasteiger partial charge in [0.05, 0.1) is 11.1 Å². The molecule has 0 fully saturated rings. The highest BCUT2D eigenvalue weighted by atomic mass is 16.5. The van der Waals surface area contributed by atoms with Crippen molar-refractivity contribution in [1.29, 1.82) is 0 Å². The number of para-hydroxylation sites is 2. The number of rotatable bonds is 4. The molecule has 0 saturated carbocycles. The molecular formula is C20H20N2O3. The fourth-order valence-corrected chi connectivity index (χ4v) is 3.23. The monoisotopic (exact) mass is 336 g/mol. The van der Waals surface area contributed by atoms with Gasteiger partial charge in [-0.25, -0.2) is 0 Å². The Labute approximate surface area is 146 Å². The van der Waals surface area contributed by atoms with E-state index < -0.39 is 5.91 Å². The number of benzene rings is 2. The number of hydrogen-bond donors (Lipinski definition) is 1. The van der Waals surface area contributed by atoms with Crippen molar-refractivity contribution < 1.29 is 14.3 Å². The van der Waals surface area contributed by atoms with Crippen LogP contribution < -0.4 is 10.5 Å². The third kappa shape index (κ3) is 2.89. The maximum absolute atomic E-state index is 12.8. The van der Waals surface area contributed by atoms with Gasteiger partial charge in [0.25, 0.3) is 11.8 Å². The maximum Gasteiger partial charge on any atom is 0.269 e. The molecule has 25 heavy (non-hydrogen) atoms. The fraction of sp³-hybridized carbons (Fsp3) is 0.200. The number of nitrogens with two attached hydrogens (primary N) is 1. The summed E-state index contributed by atoms with van der Waals surface area (Å²) in [5.74, 6) is -0.0835. The van der Waals surface area contributed by atoms with Gasteiger partial charge in [-0.1, -0.05) is 36.4 Å². The van der Waals surface area contributed by atoms with Crippen LogP contribution >= 0.6 is 0 Å². The van der Waals surface area contributed by atoms with Crippen molar-refractivity contribution in [2.24, 2.45) is 5.73 Å². The van der Waals surface area contributed by atoms with E-state index in [0.717, 1.165) is 11.1 Å². The summed E-state index contributed by atoms with van der Waals surface area (Å²) in [5.41, 5.74) is 9.01. The van der Waals surface area contributed by atoms with Crippen LogP contribution in [-0.4, -0.2) is 23.0 Å². The number of carbonyl (C=O) groups is 2. The smallest absolute Gasteiger partial charge is 0.269 e. The molecule has 128 valence electrons. The number of ether oxygens (including phenoxy) is 1. The zero-order valence-electron chi connectivity index (χ0n) is 14.5. The lowest BCUT2D eigenvalue weighted by Crippen LogP contribution is -2.22. The topological polar surface area (TPSA) is 74.3 Å². The largest absolute Gasteiger partial charge is 0.483 e. The lowest BCUT2D eigenvalue weighted by atomic mass is 10.1. The molecule has 0 aliphatic heterocycles. The number of aromatic nitrogens is 1. The van der Waals surface area contributed by atoms with E-state index in [0.29, 0.717) is 27.9 Å². The maximum atomic E-state index is 12.8. The molecular weight excluding hydrogens is 316 g/mol. The van der Waals surface area contributed by atoms with E-state index in [4.69, 9.17) is 10.5 Å². The average molecular weight is 336 g/mol. The zero-order valence-corrected chi connectivity index (χ0v) is 14.5. The Hall–Kier alpha value is -3.08. The molecule has 0 saturated heterocycles. The fourth-order valence-electron chi connectivity index (χ4n) is 3.23. The van der Waals surface area contributed by atoms with Crippen molar-refractivity contribution in [3.05, 3.63) is 64.8 Å². The van der Waals surface area contributed by atoms with E-state index in [1.165, 1.54) is 4.57 Å². The Balaban J connectivity index is 1.98. The van der Waals surface area contributed by atoms with Crippen molar-refractivity contribution in [2.75, 3.05) is 6.61 Å². The number of hydrogen-bond acceptors (Lipinski definition) is 3. The Bertz CT molecular complexity index is 966. The van der Waals surface area contributed by atoms with Gasteiger partial charge >= 0.3 is 0 Å². The molecule has 0 aliphatic rings. The van der Waals surface area contributed by atoms with Gasteiger partial charge in [-0.15, -0.1) is 0 Å². The molecule has 5 heteroatoms. The second kappa shape index (κ2) is 6.43. The van der Waals surface area contributed by atoms with Gasteiger partial charge in [0.15, 0.2) is 6.61 Å². The van der Waals surface area contributed by atoms with Crippen LogP contribution in [0.1, 0.15) is 32.0 Å². The van der Waals surface area contributed by atoms with Gasteiger partial charge in [0, 0.05) is 11.1 Å². The van der Waals surface area contributed by atoms with Crippen molar-refractivity contribution in [3.8, 4) is 5.75 Å². The zero-order chi connectivity index (χ0) is 18.1. The number of aryl methyl sites for hydroxylation is 2. The van der Waals surface area contributed by atoms with Crippen LogP contribution in [0.5, 0.6) is 5.75 Å². The summed E-state index contributed by atoms with van der Waals surface area (Å²) < 4.78 is 7.27. The summed E-state index contributed by atoms with van der Waals surface area (Å²) in [6.07, 6.45) is 0. The highest BCUT2D eigenvalue weighted by Crippen LogP contribution is 2.26. The van der Waals surface area contributed by atoms with E-state index in [1.807, 2.05) is 44.2 Å². The second-order valence-corrected chi connectivity index (χ2v) is 6.08. The predicted molar refractivity (Wildman–Crippen MR) is 97.2 cm³/mol. The molecule has 3 rings (SSSR count). The molecule has 0 spiro atoms. The first kappa shape index (κ1) is 16.8. The first-order chi connectivity index (χ1) is 11.9. The first-order valence-electron chi connectivity index (χ1n) is 8.04. The summed E-state index contributed by atoms with van der Waals surface area (Å²) >= 11 is 0. The van der Waals surface area contributed by atoms with E-state index in [1.54, 1.807) is 19.1 Å². The van der Waals surface area contributed by atoms with Gasteiger partial charge < -0.3 is 10.5 Å². The van der Waals surface area contributed by atoms with Crippen LogP contribution in [-0.2, 0) is 0 Å². The van der Waals surface area contributed by atoms with E-state index in [2.05, 4.69) is 0 Å². The summed E-state index contributed by atoms with van der Waals surface area (Å²) in [6, 6.07) is 13.0. The Morgan fingerprint density at radius 3 is 2.28 bits per heavy atom. The summed E-state index contributed by atoms with van der Waals surface area (Å²) in [4.78, 5) is 24.6.